The third-order valence-corrected chi connectivity index (χ3v) is 5.70. The van der Waals surface area contributed by atoms with Gasteiger partial charge in [0.1, 0.15) is 0 Å². The Hall–Kier alpha value is -3.73. The standard InChI is InChI=1S/C29H26O4/c30-26(22-13-5-1-6-14-22)21-27(31)33-28(23-15-7-2-8-16-23)29(32,24-17-9-3-10-18-24)25-19-11-4-12-20-25/h1-20,26,28,30,32H,21H2/t26-,28+/m0/s1. The zero-order valence-corrected chi connectivity index (χ0v) is 18.1. The number of aliphatic hydroxyl groups excluding tert-OH is 1. The van der Waals surface area contributed by atoms with Crippen molar-refractivity contribution in [3.63, 3.8) is 0 Å². The van der Waals surface area contributed by atoms with Crippen molar-refractivity contribution in [1.82, 2.24) is 0 Å². The van der Waals surface area contributed by atoms with Crippen molar-refractivity contribution in [2.75, 3.05) is 0 Å². The average molecular weight is 439 g/mol. The predicted octanol–water partition coefficient (Wildman–Crippen LogP) is 5.33. The number of hydrogen-bond acceptors (Lipinski definition) is 4. The van der Waals surface area contributed by atoms with Crippen LogP contribution in [0.5, 0.6) is 0 Å². The Morgan fingerprint density at radius 3 is 1.52 bits per heavy atom. The Morgan fingerprint density at radius 1 is 0.667 bits per heavy atom. The van der Waals surface area contributed by atoms with E-state index in [0.29, 0.717) is 22.3 Å². The van der Waals surface area contributed by atoms with E-state index in [-0.39, 0.29) is 6.42 Å². The van der Waals surface area contributed by atoms with E-state index in [1.807, 2.05) is 97.1 Å². The lowest BCUT2D eigenvalue weighted by Gasteiger charge is -2.37. The molecule has 166 valence electrons. The summed E-state index contributed by atoms with van der Waals surface area (Å²) in [5.74, 6) is -0.606. The maximum atomic E-state index is 13.0. The molecule has 2 N–H and O–H groups in total. The fourth-order valence-electron chi connectivity index (χ4n) is 4.01. The summed E-state index contributed by atoms with van der Waals surface area (Å²) >= 11 is 0. The summed E-state index contributed by atoms with van der Waals surface area (Å²) in [5.41, 5.74) is 0.835. The van der Waals surface area contributed by atoms with Crippen LogP contribution in [0.2, 0.25) is 0 Å². The van der Waals surface area contributed by atoms with Crippen molar-refractivity contribution in [3.05, 3.63) is 144 Å². The van der Waals surface area contributed by atoms with Gasteiger partial charge in [0.05, 0.1) is 12.5 Å². The third kappa shape index (κ3) is 5.03. The Bertz CT molecular complexity index is 1110. The smallest absolute Gasteiger partial charge is 0.309 e. The van der Waals surface area contributed by atoms with E-state index in [1.54, 1.807) is 24.3 Å². The molecule has 0 aromatic heterocycles. The Morgan fingerprint density at radius 2 is 1.06 bits per heavy atom. The summed E-state index contributed by atoms with van der Waals surface area (Å²) in [7, 11) is 0. The van der Waals surface area contributed by atoms with Crippen molar-refractivity contribution in [3.8, 4) is 0 Å². The van der Waals surface area contributed by atoms with Crippen LogP contribution in [0.25, 0.3) is 0 Å². The second-order valence-corrected chi connectivity index (χ2v) is 7.91. The lowest BCUT2D eigenvalue weighted by molar-refractivity contribution is -0.165. The third-order valence-electron chi connectivity index (χ3n) is 5.70. The normalized spacial score (nSPS) is 13.2. The lowest BCUT2D eigenvalue weighted by Crippen LogP contribution is -2.38. The van der Waals surface area contributed by atoms with Crippen LogP contribution in [-0.2, 0) is 15.1 Å². The van der Waals surface area contributed by atoms with Crippen LogP contribution in [-0.4, -0.2) is 16.2 Å². The van der Waals surface area contributed by atoms with Crippen molar-refractivity contribution < 1.29 is 19.7 Å². The molecular weight excluding hydrogens is 412 g/mol. The molecule has 4 heteroatoms. The first-order chi connectivity index (χ1) is 16.1. The maximum absolute atomic E-state index is 13.0. The molecule has 0 saturated heterocycles. The zero-order chi connectivity index (χ0) is 23.1. The molecule has 0 aliphatic heterocycles. The van der Waals surface area contributed by atoms with Gasteiger partial charge in [-0.1, -0.05) is 121 Å². The molecule has 0 aliphatic rings. The van der Waals surface area contributed by atoms with Crippen molar-refractivity contribution in [1.29, 1.82) is 0 Å². The Labute approximate surface area is 193 Å². The monoisotopic (exact) mass is 438 g/mol. The van der Waals surface area contributed by atoms with E-state index in [0.717, 1.165) is 0 Å². The summed E-state index contributed by atoms with van der Waals surface area (Å²) in [6, 6.07) is 36.5. The molecule has 0 aliphatic carbocycles. The number of carbonyl (C=O) groups excluding carboxylic acids is 1. The number of carbonyl (C=O) groups is 1. The molecule has 4 nitrogen and oxygen atoms in total. The predicted molar refractivity (Wildman–Crippen MR) is 127 cm³/mol. The quantitative estimate of drug-likeness (QED) is 0.365. The molecule has 2 atom stereocenters. The first-order valence-electron chi connectivity index (χ1n) is 10.9. The largest absolute Gasteiger partial charge is 0.454 e. The average Bonchev–Trinajstić information content (AvgIpc) is 2.89. The Balaban J connectivity index is 1.73. The van der Waals surface area contributed by atoms with Crippen LogP contribution in [0.3, 0.4) is 0 Å². The highest BCUT2D eigenvalue weighted by molar-refractivity contribution is 5.71. The number of rotatable bonds is 8. The molecule has 0 heterocycles. The van der Waals surface area contributed by atoms with Crippen LogP contribution in [0.15, 0.2) is 121 Å². The fraction of sp³-hybridized carbons (Fsp3) is 0.138. The SMILES string of the molecule is O=C(C[C@H](O)c1ccccc1)O[C@H](c1ccccc1)C(O)(c1ccccc1)c1ccccc1. The molecule has 4 aromatic rings. The van der Waals surface area contributed by atoms with Crippen LogP contribution in [0, 0.1) is 0 Å². The molecule has 0 bridgehead atoms. The fourth-order valence-corrected chi connectivity index (χ4v) is 4.01. The van der Waals surface area contributed by atoms with Gasteiger partial charge in [0, 0.05) is 0 Å². The van der Waals surface area contributed by atoms with E-state index in [1.165, 1.54) is 0 Å². The van der Waals surface area contributed by atoms with Gasteiger partial charge in [-0.2, -0.15) is 0 Å². The number of aliphatic hydroxyl groups is 2. The first kappa shape index (κ1) is 22.5. The summed E-state index contributed by atoms with van der Waals surface area (Å²) in [5, 5.41) is 22.8. The van der Waals surface area contributed by atoms with E-state index in [2.05, 4.69) is 0 Å². The molecule has 0 unspecified atom stereocenters. The molecule has 4 rings (SSSR count). The van der Waals surface area contributed by atoms with E-state index in [4.69, 9.17) is 4.74 Å². The zero-order valence-electron chi connectivity index (χ0n) is 18.1. The lowest BCUT2D eigenvalue weighted by atomic mass is 9.79. The van der Waals surface area contributed by atoms with Gasteiger partial charge < -0.3 is 14.9 Å². The molecule has 0 radical (unpaired) electrons. The van der Waals surface area contributed by atoms with Gasteiger partial charge >= 0.3 is 5.97 Å². The van der Waals surface area contributed by atoms with Gasteiger partial charge in [-0.3, -0.25) is 4.79 Å². The van der Waals surface area contributed by atoms with E-state index < -0.39 is 23.8 Å². The molecule has 33 heavy (non-hydrogen) atoms. The van der Waals surface area contributed by atoms with Crippen LogP contribution >= 0.6 is 0 Å². The summed E-state index contributed by atoms with van der Waals surface area (Å²) in [6.45, 7) is 0. The topological polar surface area (TPSA) is 66.8 Å². The molecule has 0 saturated carbocycles. The first-order valence-corrected chi connectivity index (χ1v) is 10.9. The second kappa shape index (κ2) is 10.3. The molecule has 0 spiro atoms. The molecule has 0 fully saturated rings. The number of hydrogen-bond donors (Lipinski definition) is 2. The van der Waals surface area contributed by atoms with Crippen LogP contribution < -0.4 is 0 Å². The number of benzene rings is 4. The second-order valence-electron chi connectivity index (χ2n) is 7.91. The van der Waals surface area contributed by atoms with Gasteiger partial charge in [-0.15, -0.1) is 0 Å². The van der Waals surface area contributed by atoms with Crippen molar-refractivity contribution >= 4 is 5.97 Å². The minimum absolute atomic E-state index is 0.229. The Kier molecular flexibility index (Phi) is 6.98. The van der Waals surface area contributed by atoms with Gasteiger partial charge in [-0.05, 0) is 22.3 Å². The van der Waals surface area contributed by atoms with E-state index >= 15 is 0 Å². The van der Waals surface area contributed by atoms with Crippen LogP contribution in [0.4, 0.5) is 0 Å². The molecular formula is C29H26O4. The highest BCUT2D eigenvalue weighted by atomic mass is 16.6. The molecule has 4 aromatic carbocycles. The van der Waals surface area contributed by atoms with Gasteiger partial charge in [0.15, 0.2) is 11.7 Å². The summed E-state index contributed by atoms with van der Waals surface area (Å²) < 4.78 is 5.95. The van der Waals surface area contributed by atoms with Gasteiger partial charge in [0.2, 0.25) is 0 Å². The summed E-state index contributed by atoms with van der Waals surface area (Å²) in [4.78, 5) is 13.0. The maximum Gasteiger partial charge on any atom is 0.309 e. The van der Waals surface area contributed by atoms with E-state index in [9.17, 15) is 15.0 Å². The highest BCUT2D eigenvalue weighted by Crippen LogP contribution is 2.43. The minimum Gasteiger partial charge on any atom is -0.454 e. The highest BCUT2D eigenvalue weighted by Gasteiger charge is 2.44. The number of ether oxygens (including phenoxy) is 1. The van der Waals surface area contributed by atoms with Gasteiger partial charge in [0.25, 0.3) is 0 Å². The minimum atomic E-state index is -1.64. The van der Waals surface area contributed by atoms with Crippen LogP contribution in [0.1, 0.15) is 40.9 Å². The summed E-state index contributed by atoms with van der Waals surface area (Å²) in [6.07, 6.45) is -2.26. The number of esters is 1. The van der Waals surface area contributed by atoms with Gasteiger partial charge in [-0.25, -0.2) is 0 Å². The van der Waals surface area contributed by atoms with Crippen molar-refractivity contribution in [2.45, 2.75) is 24.2 Å². The van der Waals surface area contributed by atoms with Crippen molar-refractivity contribution in [2.24, 2.45) is 0 Å². The molecule has 0 amide bonds.